The molecule has 0 aliphatic carbocycles. The van der Waals surface area contributed by atoms with Gasteiger partial charge in [0, 0.05) is 19.1 Å². The number of carbonyl (C=O) groups is 1. The molecule has 0 aromatic rings. The zero-order chi connectivity index (χ0) is 11.8. The normalized spacial score (nSPS) is 15.3. The SMILES string of the molecule is CCN(CC)CCNC(C)C(C)C(=O)O. The Morgan fingerprint density at radius 2 is 1.87 bits per heavy atom. The largest absolute Gasteiger partial charge is 0.481 e. The first-order valence-electron chi connectivity index (χ1n) is 5.71. The monoisotopic (exact) mass is 216 g/mol. The molecule has 0 saturated carbocycles. The van der Waals surface area contributed by atoms with Crippen molar-refractivity contribution in [3.8, 4) is 0 Å². The average molecular weight is 216 g/mol. The number of nitrogens with one attached hydrogen (secondary N) is 1. The average Bonchev–Trinajstić information content (AvgIpc) is 2.22. The maximum Gasteiger partial charge on any atom is 0.307 e. The van der Waals surface area contributed by atoms with E-state index in [1.165, 1.54) is 0 Å². The second kappa shape index (κ2) is 7.65. The summed E-state index contributed by atoms with van der Waals surface area (Å²) in [5.74, 6) is -1.07. The van der Waals surface area contributed by atoms with Crippen LogP contribution < -0.4 is 5.32 Å². The van der Waals surface area contributed by atoms with Crippen molar-refractivity contribution in [2.75, 3.05) is 26.2 Å². The van der Waals surface area contributed by atoms with Crippen LogP contribution in [0.4, 0.5) is 0 Å². The Morgan fingerprint density at radius 1 is 1.33 bits per heavy atom. The summed E-state index contributed by atoms with van der Waals surface area (Å²) in [6.45, 7) is 11.8. The smallest absolute Gasteiger partial charge is 0.307 e. The molecule has 90 valence electrons. The lowest BCUT2D eigenvalue weighted by molar-refractivity contribution is -0.141. The van der Waals surface area contributed by atoms with Gasteiger partial charge in [-0.1, -0.05) is 20.8 Å². The predicted octanol–water partition coefficient (Wildman–Crippen LogP) is 1.03. The highest BCUT2D eigenvalue weighted by atomic mass is 16.4. The number of carboxylic acids is 1. The Labute approximate surface area is 92.7 Å². The van der Waals surface area contributed by atoms with Crippen LogP contribution in [-0.2, 0) is 4.79 Å². The van der Waals surface area contributed by atoms with Crippen LogP contribution in [0.15, 0.2) is 0 Å². The second-order valence-corrected chi connectivity index (χ2v) is 3.90. The van der Waals surface area contributed by atoms with E-state index in [0.717, 1.165) is 26.2 Å². The Hall–Kier alpha value is -0.610. The van der Waals surface area contributed by atoms with Crippen molar-refractivity contribution in [3.63, 3.8) is 0 Å². The lowest BCUT2D eigenvalue weighted by Gasteiger charge is -2.22. The first-order chi connectivity index (χ1) is 7.02. The molecule has 2 atom stereocenters. The van der Waals surface area contributed by atoms with Crippen molar-refractivity contribution in [1.82, 2.24) is 10.2 Å². The molecule has 2 N–H and O–H groups in total. The fourth-order valence-corrected chi connectivity index (χ4v) is 1.38. The van der Waals surface area contributed by atoms with Crippen LogP contribution in [0.5, 0.6) is 0 Å². The van der Waals surface area contributed by atoms with Crippen LogP contribution in [0.1, 0.15) is 27.7 Å². The molecule has 0 fully saturated rings. The molecule has 0 amide bonds. The summed E-state index contributed by atoms with van der Waals surface area (Å²) in [6, 6.07) is 0.0260. The third-order valence-electron chi connectivity index (χ3n) is 2.93. The van der Waals surface area contributed by atoms with E-state index in [9.17, 15) is 4.79 Å². The number of aliphatic carboxylic acids is 1. The van der Waals surface area contributed by atoms with Gasteiger partial charge in [-0.25, -0.2) is 0 Å². The molecule has 4 nitrogen and oxygen atoms in total. The summed E-state index contributed by atoms with van der Waals surface area (Å²) in [5.41, 5.74) is 0. The van der Waals surface area contributed by atoms with Crippen molar-refractivity contribution in [2.45, 2.75) is 33.7 Å². The molecule has 0 radical (unpaired) electrons. The molecule has 0 heterocycles. The van der Waals surface area contributed by atoms with Gasteiger partial charge in [0.15, 0.2) is 0 Å². The molecule has 0 aromatic heterocycles. The predicted molar refractivity (Wildman–Crippen MR) is 62.1 cm³/mol. The van der Waals surface area contributed by atoms with Crippen LogP contribution in [0.3, 0.4) is 0 Å². The Bertz CT molecular complexity index is 181. The van der Waals surface area contributed by atoms with Gasteiger partial charge in [-0.3, -0.25) is 4.79 Å². The van der Waals surface area contributed by atoms with E-state index in [0.29, 0.717) is 0 Å². The third-order valence-corrected chi connectivity index (χ3v) is 2.93. The summed E-state index contributed by atoms with van der Waals surface area (Å²) in [4.78, 5) is 13.0. The molecular formula is C11H24N2O2. The molecule has 0 bridgehead atoms. The third kappa shape index (κ3) is 5.74. The van der Waals surface area contributed by atoms with E-state index in [4.69, 9.17) is 5.11 Å². The van der Waals surface area contributed by atoms with E-state index in [2.05, 4.69) is 24.1 Å². The van der Waals surface area contributed by atoms with Gasteiger partial charge < -0.3 is 15.3 Å². The lowest BCUT2D eigenvalue weighted by Crippen LogP contribution is -2.40. The van der Waals surface area contributed by atoms with Gasteiger partial charge in [0.1, 0.15) is 0 Å². The first-order valence-corrected chi connectivity index (χ1v) is 5.71. The number of rotatable bonds is 8. The maximum absolute atomic E-state index is 10.7. The molecule has 0 rings (SSSR count). The fraction of sp³-hybridized carbons (Fsp3) is 0.909. The Balaban J connectivity index is 3.71. The fourth-order valence-electron chi connectivity index (χ4n) is 1.38. The zero-order valence-corrected chi connectivity index (χ0v) is 10.3. The van der Waals surface area contributed by atoms with E-state index in [1.807, 2.05) is 6.92 Å². The highest BCUT2D eigenvalue weighted by Crippen LogP contribution is 2.01. The number of nitrogens with zero attached hydrogens (tertiary/aromatic N) is 1. The lowest BCUT2D eigenvalue weighted by atomic mass is 10.0. The van der Waals surface area contributed by atoms with Gasteiger partial charge in [-0.15, -0.1) is 0 Å². The van der Waals surface area contributed by atoms with Crippen LogP contribution in [-0.4, -0.2) is 48.2 Å². The number of likely N-dealkylation sites (N-methyl/N-ethyl adjacent to an activating group) is 1. The molecule has 0 aliphatic heterocycles. The zero-order valence-electron chi connectivity index (χ0n) is 10.3. The topological polar surface area (TPSA) is 52.6 Å². The van der Waals surface area contributed by atoms with Crippen molar-refractivity contribution < 1.29 is 9.90 Å². The summed E-state index contributed by atoms with van der Waals surface area (Å²) in [7, 11) is 0. The van der Waals surface area contributed by atoms with Gasteiger partial charge in [0.25, 0.3) is 0 Å². The summed E-state index contributed by atoms with van der Waals surface area (Å²) in [6.07, 6.45) is 0. The molecule has 0 aliphatic rings. The first kappa shape index (κ1) is 14.4. The number of hydrogen-bond donors (Lipinski definition) is 2. The van der Waals surface area contributed by atoms with Crippen LogP contribution in [0, 0.1) is 5.92 Å². The van der Waals surface area contributed by atoms with Crippen LogP contribution in [0.2, 0.25) is 0 Å². The van der Waals surface area contributed by atoms with Crippen LogP contribution in [0.25, 0.3) is 0 Å². The van der Waals surface area contributed by atoms with Crippen molar-refractivity contribution in [2.24, 2.45) is 5.92 Å². The molecule has 4 heteroatoms. The summed E-state index contributed by atoms with van der Waals surface area (Å²) in [5, 5.41) is 12.0. The summed E-state index contributed by atoms with van der Waals surface area (Å²) >= 11 is 0. The molecule has 0 spiro atoms. The van der Waals surface area contributed by atoms with Crippen molar-refractivity contribution in [3.05, 3.63) is 0 Å². The van der Waals surface area contributed by atoms with Crippen molar-refractivity contribution >= 4 is 5.97 Å². The minimum absolute atomic E-state index is 0.0260. The number of carboxylic acid groups (broad SMARTS) is 1. The molecular weight excluding hydrogens is 192 g/mol. The minimum Gasteiger partial charge on any atom is -0.481 e. The van der Waals surface area contributed by atoms with Gasteiger partial charge in [-0.05, 0) is 20.0 Å². The minimum atomic E-state index is -0.738. The molecule has 2 unspecified atom stereocenters. The summed E-state index contributed by atoms with van der Waals surface area (Å²) < 4.78 is 0. The van der Waals surface area contributed by atoms with E-state index in [-0.39, 0.29) is 12.0 Å². The molecule has 0 aromatic carbocycles. The molecule has 15 heavy (non-hydrogen) atoms. The maximum atomic E-state index is 10.7. The van der Waals surface area contributed by atoms with Gasteiger partial charge in [-0.2, -0.15) is 0 Å². The Kier molecular flexibility index (Phi) is 7.34. The van der Waals surface area contributed by atoms with Gasteiger partial charge in [0.2, 0.25) is 0 Å². The van der Waals surface area contributed by atoms with Crippen LogP contribution >= 0.6 is 0 Å². The van der Waals surface area contributed by atoms with Gasteiger partial charge >= 0.3 is 5.97 Å². The Morgan fingerprint density at radius 3 is 2.27 bits per heavy atom. The quantitative estimate of drug-likeness (QED) is 0.636. The highest BCUT2D eigenvalue weighted by molar-refractivity contribution is 5.70. The molecule has 0 saturated heterocycles. The standard InChI is InChI=1S/C11H24N2O2/c1-5-13(6-2)8-7-12-10(4)9(3)11(14)15/h9-10,12H,5-8H2,1-4H3,(H,14,15). The van der Waals surface area contributed by atoms with E-state index in [1.54, 1.807) is 6.92 Å². The van der Waals surface area contributed by atoms with Gasteiger partial charge in [0.05, 0.1) is 5.92 Å². The second-order valence-electron chi connectivity index (χ2n) is 3.90. The van der Waals surface area contributed by atoms with Crippen molar-refractivity contribution in [1.29, 1.82) is 0 Å². The number of hydrogen-bond acceptors (Lipinski definition) is 3. The highest BCUT2D eigenvalue weighted by Gasteiger charge is 2.18. The van der Waals surface area contributed by atoms with E-state index >= 15 is 0 Å². The van der Waals surface area contributed by atoms with E-state index < -0.39 is 5.97 Å².